The number of unbranched alkanes of at least 4 members (excludes halogenated alkanes) is 2. The number of rotatable bonds is 15. The third kappa shape index (κ3) is 13.6. The number of hydrogen-bond donors (Lipinski definition) is 5. The summed E-state index contributed by atoms with van der Waals surface area (Å²) in [6, 6.07) is 1.27. The van der Waals surface area contributed by atoms with E-state index in [4.69, 9.17) is 33.4 Å². The molecule has 0 saturated carbocycles. The van der Waals surface area contributed by atoms with Crippen LogP contribution in [0.4, 0.5) is 0 Å². The lowest BCUT2D eigenvalue weighted by molar-refractivity contribution is -0.0226. The van der Waals surface area contributed by atoms with E-state index in [1.807, 2.05) is 0 Å². The first-order valence-electron chi connectivity index (χ1n) is 10.5. The van der Waals surface area contributed by atoms with Gasteiger partial charge >= 0.3 is 22.9 Å². The third-order valence-electron chi connectivity index (χ3n) is 4.28. The molecular weight excluding hydrogens is 482 g/mol. The predicted octanol–water partition coefficient (Wildman–Crippen LogP) is 0.880. The Hall–Kier alpha value is -0.820. The quantitative estimate of drug-likeness (QED) is 0.165. The molecule has 2 rings (SSSR count). The molecule has 0 radical (unpaired) electrons. The van der Waals surface area contributed by atoms with Gasteiger partial charge < -0.3 is 42.8 Å². The van der Waals surface area contributed by atoms with Gasteiger partial charge in [-0.15, -0.1) is 0 Å². The summed E-state index contributed by atoms with van der Waals surface area (Å²) in [7, 11) is -2.26. The smallest absolute Gasteiger partial charge is 0.330 e. The van der Waals surface area contributed by atoms with Crippen LogP contribution in [-0.2, 0) is 22.8 Å². The molecular formula is C18H34N2O11P2. The molecule has 2 heterocycles. The Morgan fingerprint density at radius 3 is 2.24 bits per heavy atom. The summed E-state index contributed by atoms with van der Waals surface area (Å²) < 4.78 is 26.6. The van der Waals surface area contributed by atoms with Crippen LogP contribution in [0.25, 0.3) is 0 Å². The topological polar surface area (TPSA) is 182 Å². The maximum absolute atomic E-state index is 11.7. The number of H-pyrrole nitrogens is 1. The first-order chi connectivity index (χ1) is 15.9. The minimum Gasteiger partial charge on any atom is -0.396 e. The first kappa shape index (κ1) is 30.2. The van der Waals surface area contributed by atoms with E-state index in [0.717, 1.165) is 6.42 Å². The molecule has 1 aliphatic rings. The van der Waals surface area contributed by atoms with Crippen LogP contribution in [0.2, 0.25) is 0 Å². The van der Waals surface area contributed by atoms with Gasteiger partial charge in [0.15, 0.2) is 0 Å². The minimum atomic E-state index is -1.97. The molecule has 192 valence electrons. The highest BCUT2D eigenvalue weighted by atomic mass is 31.2. The number of aromatic nitrogens is 2. The van der Waals surface area contributed by atoms with Crippen LogP contribution in [0, 0.1) is 0 Å². The fraction of sp³-hybridized carbons (Fsp3) is 0.778. The summed E-state index contributed by atoms with van der Waals surface area (Å²) in [4.78, 5) is 43.2. The van der Waals surface area contributed by atoms with Gasteiger partial charge in [0.25, 0.3) is 5.56 Å². The monoisotopic (exact) mass is 516 g/mol. The van der Waals surface area contributed by atoms with Crippen molar-refractivity contribution in [2.24, 2.45) is 0 Å². The third-order valence-corrected chi connectivity index (χ3v) is 5.77. The number of aliphatic hydroxyl groups excluding tert-OH is 2. The molecule has 33 heavy (non-hydrogen) atoms. The van der Waals surface area contributed by atoms with Crippen molar-refractivity contribution in [2.75, 3.05) is 40.1 Å². The number of hydrogen-bond acceptors (Lipinski definition) is 11. The molecule has 0 bridgehead atoms. The molecule has 15 heteroatoms. The zero-order chi connectivity index (χ0) is 24.5. The Balaban J connectivity index is 0.000000461. The Labute approximate surface area is 194 Å². The van der Waals surface area contributed by atoms with Crippen LogP contribution < -0.4 is 11.2 Å². The molecule has 4 unspecified atom stereocenters. The van der Waals surface area contributed by atoms with Crippen molar-refractivity contribution in [2.45, 2.75) is 50.9 Å². The molecule has 0 aliphatic carbocycles. The van der Waals surface area contributed by atoms with Gasteiger partial charge in [0, 0.05) is 32.6 Å². The summed E-state index contributed by atoms with van der Waals surface area (Å²) in [5.41, 5.74) is -0.964. The van der Waals surface area contributed by atoms with Gasteiger partial charge in [0.1, 0.15) is 6.23 Å². The second-order valence-electron chi connectivity index (χ2n) is 6.79. The zero-order valence-electron chi connectivity index (χ0n) is 18.6. The van der Waals surface area contributed by atoms with Crippen molar-refractivity contribution in [1.29, 1.82) is 0 Å². The van der Waals surface area contributed by atoms with Gasteiger partial charge in [-0.05, 0) is 38.5 Å². The van der Waals surface area contributed by atoms with Gasteiger partial charge in [0.05, 0.1) is 25.9 Å². The molecule has 0 aromatic carbocycles. The SMILES string of the molecule is COP(O)OCCCCO.O=c1ccn(C2CCC(COP(O)OCCCCO)O2)c(=O)[nH]1. The molecule has 1 saturated heterocycles. The number of aliphatic hydroxyl groups is 2. The van der Waals surface area contributed by atoms with Crippen molar-refractivity contribution in [3.8, 4) is 0 Å². The van der Waals surface area contributed by atoms with Gasteiger partial charge in [-0.2, -0.15) is 0 Å². The number of nitrogens with one attached hydrogen (secondary N) is 1. The van der Waals surface area contributed by atoms with Crippen molar-refractivity contribution < 1.29 is 42.8 Å². The summed E-state index contributed by atoms with van der Waals surface area (Å²) in [6.07, 6.45) is 4.69. The lowest BCUT2D eigenvalue weighted by atomic mass is 10.2. The van der Waals surface area contributed by atoms with E-state index in [0.29, 0.717) is 45.3 Å². The average Bonchev–Trinajstić information content (AvgIpc) is 3.27. The zero-order valence-corrected chi connectivity index (χ0v) is 20.4. The molecule has 5 N–H and O–H groups in total. The summed E-state index contributed by atoms with van der Waals surface area (Å²) >= 11 is 0. The van der Waals surface area contributed by atoms with Crippen LogP contribution in [0.5, 0.6) is 0 Å². The van der Waals surface area contributed by atoms with E-state index in [1.165, 1.54) is 23.9 Å². The van der Waals surface area contributed by atoms with Gasteiger partial charge in [0.2, 0.25) is 0 Å². The van der Waals surface area contributed by atoms with Crippen molar-refractivity contribution in [3.63, 3.8) is 0 Å². The molecule has 0 spiro atoms. The fourth-order valence-electron chi connectivity index (χ4n) is 2.62. The Morgan fingerprint density at radius 1 is 1.03 bits per heavy atom. The second kappa shape index (κ2) is 18.5. The van der Waals surface area contributed by atoms with E-state index in [2.05, 4.69) is 9.51 Å². The second-order valence-corrected chi connectivity index (χ2v) is 8.88. The van der Waals surface area contributed by atoms with Crippen LogP contribution in [0.1, 0.15) is 44.8 Å². The van der Waals surface area contributed by atoms with E-state index in [9.17, 15) is 14.5 Å². The van der Waals surface area contributed by atoms with Crippen LogP contribution in [0.15, 0.2) is 21.9 Å². The van der Waals surface area contributed by atoms with Gasteiger partial charge in [-0.3, -0.25) is 14.3 Å². The molecule has 13 nitrogen and oxygen atoms in total. The van der Waals surface area contributed by atoms with E-state index >= 15 is 0 Å². The lowest BCUT2D eigenvalue weighted by Gasteiger charge is -2.16. The van der Waals surface area contributed by atoms with Crippen molar-refractivity contribution >= 4 is 17.2 Å². The van der Waals surface area contributed by atoms with Gasteiger partial charge in [-0.25, -0.2) is 4.79 Å². The van der Waals surface area contributed by atoms with E-state index in [1.54, 1.807) is 0 Å². The predicted molar refractivity (Wildman–Crippen MR) is 120 cm³/mol. The van der Waals surface area contributed by atoms with Gasteiger partial charge in [-0.1, -0.05) is 0 Å². The standard InChI is InChI=1S/C13H21N2O7P.C5H13O4P/c16-7-1-2-8-20-23(19)21-9-10-3-4-12(22-10)15-6-5-11(17)14-13(15)18;1-8-10(7)9-5-3-2-4-6/h5-6,10,12,16,19H,1-4,7-9H2,(H,14,17,18);6-7H,2-5H2,1H3. The highest BCUT2D eigenvalue weighted by molar-refractivity contribution is 7.40. The van der Waals surface area contributed by atoms with Crippen molar-refractivity contribution in [3.05, 3.63) is 33.1 Å². The Morgan fingerprint density at radius 2 is 1.67 bits per heavy atom. The van der Waals surface area contributed by atoms with E-state index < -0.39 is 34.7 Å². The van der Waals surface area contributed by atoms with E-state index in [-0.39, 0.29) is 25.9 Å². The molecule has 1 aromatic heterocycles. The Bertz CT molecular complexity index is 736. The van der Waals surface area contributed by atoms with Crippen molar-refractivity contribution in [1.82, 2.24) is 9.55 Å². The summed E-state index contributed by atoms with van der Waals surface area (Å²) in [5.74, 6) is 0. The number of nitrogens with zero attached hydrogens (tertiary/aromatic N) is 1. The highest BCUT2D eigenvalue weighted by Gasteiger charge is 2.28. The molecule has 4 atom stereocenters. The van der Waals surface area contributed by atoms with Crippen LogP contribution in [-0.4, -0.2) is 75.8 Å². The summed E-state index contributed by atoms with van der Waals surface area (Å²) in [6.45, 7) is 1.19. The maximum Gasteiger partial charge on any atom is 0.330 e. The lowest BCUT2D eigenvalue weighted by Crippen LogP contribution is -2.31. The minimum absolute atomic E-state index is 0.0923. The molecule has 0 amide bonds. The first-order valence-corrected chi connectivity index (χ1v) is 12.8. The van der Waals surface area contributed by atoms with Crippen LogP contribution in [0.3, 0.4) is 0 Å². The average molecular weight is 516 g/mol. The summed E-state index contributed by atoms with van der Waals surface area (Å²) in [5, 5.41) is 17.0. The maximum atomic E-state index is 11.7. The normalized spacial score (nSPS) is 19.7. The highest BCUT2D eigenvalue weighted by Crippen LogP contribution is 2.35. The molecule has 1 fully saturated rings. The number of ether oxygens (including phenoxy) is 1. The van der Waals surface area contributed by atoms with Crippen LogP contribution >= 0.6 is 17.2 Å². The largest absolute Gasteiger partial charge is 0.396 e. The number of aromatic amines is 1. The fourth-order valence-corrected chi connectivity index (χ4v) is 3.66. The molecule has 1 aliphatic heterocycles. The molecule has 1 aromatic rings. The Kier molecular flexibility index (Phi) is 16.9.